The minimum absolute atomic E-state index is 0.647. The van der Waals surface area contributed by atoms with E-state index in [1.165, 1.54) is 12.8 Å². The molecule has 14 heavy (non-hydrogen) atoms. The highest BCUT2D eigenvalue weighted by Crippen LogP contribution is 2.29. The first kappa shape index (κ1) is 12.0. The van der Waals surface area contributed by atoms with Crippen LogP contribution in [-0.4, -0.2) is 43.8 Å². The molecular formula is C11H24N2O. The lowest BCUT2D eigenvalue weighted by Crippen LogP contribution is -2.37. The smallest absolute Gasteiger partial charge is 0.0477 e. The Hall–Kier alpha value is -0.120. The second-order valence-electron chi connectivity index (χ2n) is 4.24. The first-order valence-electron chi connectivity index (χ1n) is 5.74. The van der Waals surface area contributed by atoms with E-state index in [4.69, 9.17) is 10.5 Å². The summed E-state index contributed by atoms with van der Waals surface area (Å²) in [6.07, 6.45) is 5.01. The largest absolute Gasteiger partial charge is 0.385 e. The van der Waals surface area contributed by atoms with Crippen molar-refractivity contribution in [2.24, 2.45) is 5.73 Å². The fourth-order valence-electron chi connectivity index (χ4n) is 1.90. The molecule has 1 aliphatic carbocycles. The second-order valence-corrected chi connectivity index (χ2v) is 4.24. The molecule has 1 saturated carbocycles. The van der Waals surface area contributed by atoms with Gasteiger partial charge in [-0.1, -0.05) is 0 Å². The molecule has 0 saturated heterocycles. The molecule has 1 unspecified atom stereocenters. The van der Waals surface area contributed by atoms with E-state index in [1.54, 1.807) is 7.11 Å². The lowest BCUT2D eigenvalue weighted by atomic mass is 10.2. The van der Waals surface area contributed by atoms with Gasteiger partial charge in [0.1, 0.15) is 0 Å². The van der Waals surface area contributed by atoms with Crippen molar-refractivity contribution in [3.8, 4) is 0 Å². The summed E-state index contributed by atoms with van der Waals surface area (Å²) in [6.45, 7) is 5.13. The highest BCUT2D eigenvalue weighted by atomic mass is 16.5. The predicted molar refractivity (Wildman–Crippen MR) is 59.4 cm³/mol. The van der Waals surface area contributed by atoms with Crippen LogP contribution < -0.4 is 5.73 Å². The van der Waals surface area contributed by atoms with Gasteiger partial charge in [0.25, 0.3) is 0 Å². The molecule has 0 spiro atoms. The number of nitrogens with zero attached hydrogens (tertiary/aromatic N) is 1. The van der Waals surface area contributed by atoms with Crippen molar-refractivity contribution in [1.29, 1.82) is 0 Å². The molecule has 0 bridgehead atoms. The zero-order valence-electron chi connectivity index (χ0n) is 9.54. The zero-order chi connectivity index (χ0) is 10.4. The van der Waals surface area contributed by atoms with Gasteiger partial charge in [0.05, 0.1) is 0 Å². The maximum Gasteiger partial charge on any atom is 0.0477 e. The summed E-state index contributed by atoms with van der Waals surface area (Å²) >= 11 is 0. The maximum absolute atomic E-state index is 5.55. The third-order valence-corrected chi connectivity index (χ3v) is 2.94. The molecule has 0 radical (unpaired) electrons. The molecule has 0 heterocycles. The molecule has 0 aromatic heterocycles. The summed E-state index contributed by atoms with van der Waals surface area (Å²) in [5, 5.41) is 0. The summed E-state index contributed by atoms with van der Waals surface area (Å²) in [5.41, 5.74) is 5.55. The highest BCUT2D eigenvalue weighted by molar-refractivity contribution is 4.87. The van der Waals surface area contributed by atoms with Crippen LogP contribution in [0, 0.1) is 0 Å². The fourth-order valence-corrected chi connectivity index (χ4v) is 1.90. The summed E-state index contributed by atoms with van der Waals surface area (Å²) in [6, 6.07) is 1.49. The quantitative estimate of drug-likeness (QED) is 0.640. The highest BCUT2D eigenvalue weighted by Gasteiger charge is 2.31. The molecule has 84 valence electrons. The van der Waals surface area contributed by atoms with Crippen molar-refractivity contribution in [2.75, 3.05) is 26.8 Å². The third kappa shape index (κ3) is 3.95. The Kier molecular flexibility index (Phi) is 5.45. The molecule has 1 fully saturated rings. The van der Waals surface area contributed by atoms with Gasteiger partial charge in [-0.05, 0) is 45.7 Å². The van der Waals surface area contributed by atoms with Crippen LogP contribution in [0.2, 0.25) is 0 Å². The third-order valence-electron chi connectivity index (χ3n) is 2.94. The monoisotopic (exact) mass is 200 g/mol. The van der Waals surface area contributed by atoms with Crippen LogP contribution in [0.25, 0.3) is 0 Å². The normalized spacial score (nSPS) is 18.9. The standard InChI is InChI=1S/C11H24N2O/c1-10(6-9-14-2)13(8-3-7-12)11-4-5-11/h10-11H,3-9,12H2,1-2H3. The van der Waals surface area contributed by atoms with Crippen molar-refractivity contribution in [2.45, 2.75) is 44.7 Å². The van der Waals surface area contributed by atoms with E-state index in [2.05, 4.69) is 11.8 Å². The van der Waals surface area contributed by atoms with Crippen LogP contribution >= 0.6 is 0 Å². The summed E-state index contributed by atoms with van der Waals surface area (Å²) in [7, 11) is 1.77. The molecule has 0 aromatic carbocycles. The summed E-state index contributed by atoms with van der Waals surface area (Å²) in [5.74, 6) is 0. The maximum atomic E-state index is 5.55. The van der Waals surface area contributed by atoms with Gasteiger partial charge in [-0.25, -0.2) is 0 Å². The lowest BCUT2D eigenvalue weighted by molar-refractivity contribution is 0.132. The number of rotatable bonds is 8. The van der Waals surface area contributed by atoms with Gasteiger partial charge in [-0.3, -0.25) is 4.90 Å². The predicted octanol–water partition coefficient (Wildman–Crippen LogP) is 1.22. The number of methoxy groups -OCH3 is 1. The molecule has 2 N–H and O–H groups in total. The van der Waals surface area contributed by atoms with Gasteiger partial charge in [0, 0.05) is 25.8 Å². The van der Waals surface area contributed by atoms with Crippen molar-refractivity contribution >= 4 is 0 Å². The Bertz CT molecular complexity index is 148. The van der Waals surface area contributed by atoms with Crippen molar-refractivity contribution in [3.05, 3.63) is 0 Å². The molecule has 3 nitrogen and oxygen atoms in total. The van der Waals surface area contributed by atoms with Crippen LogP contribution in [0.4, 0.5) is 0 Å². The Balaban J connectivity index is 2.24. The molecule has 0 aliphatic heterocycles. The summed E-state index contributed by atoms with van der Waals surface area (Å²) in [4.78, 5) is 2.60. The fraction of sp³-hybridized carbons (Fsp3) is 1.00. The van der Waals surface area contributed by atoms with Gasteiger partial charge in [0.2, 0.25) is 0 Å². The lowest BCUT2D eigenvalue weighted by Gasteiger charge is -2.28. The van der Waals surface area contributed by atoms with Gasteiger partial charge >= 0.3 is 0 Å². The van der Waals surface area contributed by atoms with Gasteiger partial charge in [-0.15, -0.1) is 0 Å². The molecule has 0 amide bonds. The Labute approximate surface area is 87.6 Å². The molecule has 0 aromatic rings. The molecular weight excluding hydrogens is 176 g/mol. The van der Waals surface area contributed by atoms with E-state index in [0.717, 1.165) is 38.6 Å². The number of ether oxygens (including phenoxy) is 1. The van der Waals surface area contributed by atoms with Crippen molar-refractivity contribution in [1.82, 2.24) is 4.90 Å². The molecule has 1 aliphatic rings. The minimum Gasteiger partial charge on any atom is -0.385 e. The average molecular weight is 200 g/mol. The number of hydrogen-bond donors (Lipinski definition) is 1. The molecule has 1 atom stereocenters. The summed E-state index contributed by atoms with van der Waals surface area (Å²) < 4.78 is 5.12. The van der Waals surface area contributed by atoms with Crippen LogP contribution in [0.15, 0.2) is 0 Å². The van der Waals surface area contributed by atoms with Crippen molar-refractivity contribution < 1.29 is 4.74 Å². The van der Waals surface area contributed by atoms with Crippen LogP contribution in [0.3, 0.4) is 0 Å². The number of hydrogen-bond acceptors (Lipinski definition) is 3. The number of nitrogens with two attached hydrogens (primary N) is 1. The van der Waals surface area contributed by atoms with E-state index in [-0.39, 0.29) is 0 Å². The van der Waals surface area contributed by atoms with Crippen molar-refractivity contribution in [3.63, 3.8) is 0 Å². The molecule has 1 rings (SSSR count). The van der Waals surface area contributed by atoms with Gasteiger partial charge in [0.15, 0.2) is 0 Å². The Morgan fingerprint density at radius 1 is 1.50 bits per heavy atom. The van der Waals surface area contributed by atoms with Crippen LogP contribution in [0.5, 0.6) is 0 Å². The first-order chi connectivity index (χ1) is 6.79. The van der Waals surface area contributed by atoms with Gasteiger partial charge < -0.3 is 10.5 Å². The van der Waals surface area contributed by atoms with Crippen LogP contribution in [-0.2, 0) is 4.74 Å². The second kappa shape index (κ2) is 6.38. The Morgan fingerprint density at radius 2 is 2.21 bits per heavy atom. The van der Waals surface area contributed by atoms with Gasteiger partial charge in [-0.2, -0.15) is 0 Å². The zero-order valence-corrected chi connectivity index (χ0v) is 9.54. The van der Waals surface area contributed by atoms with E-state index >= 15 is 0 Å². The van der Waals surface area contributed by atoms with Crippen LogP contribution in [0.1, 0.15) is 32.6 Å². The Morgan fingerprint density at radius 3 is 2.71 bits per heavy atom. The van der Waals surface area contributed by atoms with E-state index in [0.29, 0.717) is 6.04 Å². The topological polar surface area (TPSA) is 38.5 Å². The minimum atomic E-state index is 0.647. The van der Waals surface area contributed by atoms with E-state index < -0.39 is 0 Å². The average Bonchev–Trinajstić information content (AvgIpc) is 2.99. The first-order valence-corrected chi connectivity index (χ1v) is 5.74. The van der Waals surface area contributed by atoms with E-state index in [1.807, 2.05) is 0 Å². The molecule has 3 heteroatoms. The SMILES string of the molecule is COCCC(C)N(CCCN)C1CC1. The van der Waals surface area contributed by atoms with E-state index in [9.17, 15) is 0 Å².